The summed E-state index contributed by atoms with van der Waals surface area (Å²) in [5.41, 5.74) is 2.89. The molecule has 0 spiro atoms. The molecule has 0 radical (unpaired) electrons. The van der Waals surface area contributed by atoms with E-state index < -0.39 is 46.6 Å². The van der Waals surface area contributed by atoms with Gasteiger partial charge in [0.15, 0.2) is 0 Å². The van der Waals surface area contributed by atoms with Crippen molar-refractivity contribution in [3.63, 3.8) is 0 Å². The molecule has 0 saturated heterocycles. The van der Waals surface area contributed by atoms with Crippen LogP contribution in [-0.2, 0) is 26.2 Å². The Kier molecular flexibility index (Phi) is 12.2. The molecule has 2 aromatic heterocycles. The van der Waals surface area contributed by atoms with Crippen LogP contribution in [0.3, 0.4) is 0 Å². The average Bonchev–Trinajstić information content (AvgIpc) is 3.51. The number of hydrogen-bond donors (Lipinski definition) is 5. The number of sulfonamides is 1. The van der Waals surface area contributed by atoms with E-state index in [-0.39, 0.29) is 4.90 Å². The predicted octanol–water partition coefficient (Wildman–Crippen LogP) is 4.40. The Morgan fingerprint density at radius 1 is 0.880 bits per heavy atom. The van der Waals surface area contributed by atoms with Crippen molar-refractivity contribution in [1.29, 1.82) is 0 Å². The van der Waals surface area contributed by atoms with Gasteiger partial charge in [-0.3, -0.25) is 14.3 Å². The van der Waals surface area contributed by atoms with Crippen LogP contribution in [0.5, 0.6) is 0 Å². The molecule has 1 atom stereocenters. The van der Waals surface area contributed by atoms with E-state index in [9.17, 15) is 36.3 Å². The van der Waals surface area contributed by atoms with Gasteiger partial charge in [-0.1, -0.05) is 48.5 Å². The summed E-state index contributed by atoms with van der Waals surface area (Å²) in [6.45, 7) is 0.923. The lowest BCUT2D eigenvalue weighted by atomic mass is 10.1. The number of carbonyl (C=O) groups is 3. The zero-order valence-corrected chi connectivity index (χ0v) is 26.9. The smallest absolute Gasteiger partial charge is 0.480 e. The van der Waals surface area contributed by atoms with Crippen molar-refractivity contribution in [2.45, 2.75) is 30.1 Å². The van der Waals surface area contributed by atoms with Crippen LogP contribution in [0.15, 0.2) is 108 Å². The monoisotopic (exact) mass is 712 g/mol. The maximum Gasteiger partial charge on any atom is 0.490 e. The number of anilines is 1. The molecular weight excluding hydrogens is 681 g/mol. The van der Waals surface area contributed by atoms with Crippen molar-refractivity contribution in [2.24, 2.45) is 0 Å². The molecular formula is C33H31F3N6O7S. The summed E-state index contributed by atoms with van der Waals surface area (Å²) >= 11 is 0. The fourth-order valence-corrected chi connectivity index (χ4v) is 5.70. The van der Waals surface area contributed by atoms with Crippen molar-refractivity contribution < 1.29 is 46.2 Å². The zero-order chi connectivity index (χ0) is 36.3. The number of rotatable bonds is 13. The van der Waals surface area contributed by atoms with Crippen molar-refractivity contribution in [2.75, 3.05) is 18.4 Å². The first kappa shape index (κ1) is 37.0. The molecule has 5 rings (SSSR count). The molecule has 1 amide bonds. The van der Waals surface area contributed by atoms with Crippen LogP contribution in [0.2, 0.25) is 0 Å². The third kappa shape index (κ3) is 10.3. The lowest BCUT2D eigenvalue weighted by Gasteiger charge is -2.16. The van der Waals surface area contributed by atoms with Crippen LogP contribution < -0.4 is 15.4 Å². The second kappa shape index (κ2) is 16.5. The summed E-state index contributed by atoms with van der Waals surface area (Å²) in [5, 5.41) is 27.7. The van der Waals surface area contributed by atoms with Crippen molar-refractivity contribution in [1.82, 2.24) is 24.8 Å². The van der Waals surface area contributed by atoms with Gasteiger partial charge >= 0.3 is 18.1 Å². The molecule has 5 aromatic rings. The van der Waals surface area contributed by atoms with E-state index in [1.807, 2.05) is 53.2 Å². The number of alkyl halides is 3. The highest BCUT2D eigenvalue weighted by Crippen LogP contribution is 2.21. The highest BCUT2D eigenvalue weighted by atomic mass is 32.2. The van der Waals surface area contributed by atoms with Crippen LogP contribution in [0, 0.1) is 0 Å². The van der Waals surface area contributed by atoms with Gasteiger partial charge in [-0.2, -0.15) is 23.0 Å². The third-order valence-electron chi connectivity index (χ3n) is 7.00. The minimum Gasteiger partial charge on any atom is -0.480 e. The van der Waals surface area contributed by atoms with E-state index in [2.05, 4.69) is 25.4 Å². The number of carboxylic acids is 2. The molecule has 5 N–H and O–H groups in total. The maximum absolute atomic E-state index is 12.9. The molecule has 0 unspecified atom stereocenters. The molecule has 0 saturated carbocycles. The van der Waals surface area contributed by atoms with E-state index >= 15 is 0 Å². The lowest BCUT2D eigenvalue weighted by molar-refractivity contribution is -0.192. The molecule has 0 bridgehead atoms. The molecule has 0 aliphatic rings. The number of benzene rings is 3. The minimum absolute atomic E-state index is 0.0836. The molecule has 3 aromatic carbocycles. The Bertz CT molecular complexity index is 2030. The molecule has 13 nitrogen and oxygen atoms in total. The van der Waals surface area contributed by atoms with E-state index in [0.717, 1.165) is 34.3 Å². The van der Waals surface area contributed by atoms with Gasteiger partial charge in [0, 0.05) is 36.8 Å². The van der Waals surface area contributed by atoms with Gasteiger partial charge in [0.25, 0.3) is 5.91 Å². The standard InChI is InChI=1S/C31H30N6O5S.C2HF3O2/c38-30(24-12-15-28-25(19-24)20-35-37(28)18-6-17-33-29-9-4-5-16-32-29)34-21-27(31(39)40)36-43(41,42)26-13-10-23(11-14-26)22-7-2-1-3-8-22;3-2(4,5)1(6)7/h1-5,7-16,19-20,27,36H,6,17-18,21H2,(H,32,33)(H,34,38)(H,39,40);(H,6,7)/t27-;/m0./s1. The number of carbonyl (C=O) groups excluding carboxylic acids is 1. The molecule has 17 heteroatoms. The van der Waals surface area contributed by atoms with Crippen LogP contribution in [0.1, 0.15) is 16.8 Å². The van der Waals surface area contributed by atoms with Crippen LogP contribution in [0.25, 0.3) is 22.0 Å². The summed E-state index contributed by atoms with van der Waals surface area (Å²) in [5.74, 6) is -3.91. The van der Waals surface area contributed by atoms with Gasteiger partial charge in [0.05, 0.1) is 16.6 Å². The zero-order valence-electron chi connectivity index (χ0n) is 26.0. The normalized spacial score (nSPS) is 12.0. The van der Waals surface area contributed by atoms with Crippen molar-refractivity contribution >= 4 is 44.6 Å². The fourth-order valence-electron chi connectivity index (χ4n) is 4.51. The minimum atomic E-state index is -5.08. The van der Waals surface area contributed by atoms with Crippen LogP contribution in [-0.4, -0.2) is 76.5 Å². The summed E-state index contributed by atoms with van der Waals surface area (Å²) < 4.78 is 61.6. The first-order chi connectivity index (χ1) is 23.7. The number of fused-ring (bicyclic) bond motifs is 1. The number of hydrogen-bond acceptors (Lipinski definition) is 8. The van der Waals surface area contributed by atoms with Gasteiger partial charge < -0.3 is 20.8 Å². The topological polar surface area (TPSA) is 193 Å². The van der Waals surface area contributed by atoms with Gasteiger partial charge in [-0.25, -0.2) is 18.2 Å². The number of nitrogens with zero attached hydrogens (tertiary/aromatic N) is 3. The summed E-state index contributed by atoms with van der Waals surface area (Å²) in [6, 6.07) is 24.7. The van der Waals surface area contributed by atoms with Crippen molar-refractivity contribution in [3.8, 4) is 11.1 Å². The number of carboxylic acid groups (broad SMARTS) is 2. The van der Waals surface area contributed by atoms with Gasteiger partial charge in [-0.05, 0) is 60.0 Å². The SMILES string of the molecule is O=C(NC[C@H](NS(=O)(=O)c1ccc(-c2ccccc2)cc1)C(=O)O)c1ccc2c(cnn2CCCNc2ccccn2)c1.O=C(O)C(F)(F)F. The molecule has 262 valence electrons. The molecule has 2 heterocycles. The number of pyridine rings is 1. The Morgan fingerprint density at radius 3 is 2.16 bits per heavy atom. The van der Waals surface area contributed by atoms with Crippen LogP contribution >= 0.6 is 0 Å². The van der Waals surface area contributed by atoms with E-state index in [0.29, 0.717) is 18.7 Å². The Hall–Kier alpha value is -5.81. The molecule has 0 aliphatic carbocycles. The van der Waals surface area contributed by atoms with Crippen LogP contribution in [0.4, 0.5) is 19.0 Å². The molecule has 0 fully saturated rings. The number of aromatic nitrogens is 3. The first-order valence-corrected chi connectivity index (χ1v) is 16.3. The Morgan fingerprint density at radius 2 is 1.54 bits per heavy atom. The lowest BCUT2D eigenvalue weighted by Crippen LogP contribution is -2.48. The quantitative estimate of drug-likeness (QED) is 0.109. The number of amides is 1. The second-order valence-corrected chi connectivity index (χ2v) is 12.3. The fraction of sp³-hybridized carbons (Fsp3) is 0.182. The van der Waals surface area contributed by atoms with Gasteiger partial charge in [0.1, 0.15) is 11.9 Å². The summed E-state index contributed by atoms with van der Waals surface area (Å²) in [6.07, 6.45) is -0.891. The third-order valence-corrected chi connectivity index (χ3v) is 8.49. The number of aryl methyl sites for hydroxylation is 1. The van der Waals surface area contributed by atoms with E-state index in [1.165, 1.54) is 12.1 Å². The average molecular weight is 713 g/mol. The Balaban J connectivity index is 0.000000727. The maximum atomic E-state index is 12.9. The largest absolute Gasteiger partial charge is 0.490 e. The Labute approximate surface area is 283 Å². The first-order valence-electron chi connectivity index (χ1n) is 14.8. The highest BCUT2D eigenvalue weighted by Gasteiger charge is 2.38. The molecule has 0 aliphatic heterocycles. The summed E-state index contributed by atoms with van der Waals surface area (Å²) in [4.78, 5) is 37.8. The van der Waals surface area contributed by atoms with Crippen molar-refractivity contribution in [3.05, 3.63) is 109 Å². The van der Waals surface area contributed by atoms with E-state index in [1.54, 1.807) is 42.7 Å². The van der Waals surface area contributed by atoms with E-state index in [4.69, 9.17) is 9.90 Å². The second-order valence-electron chi connectivity index (χ2n) is 10.6. The number of nitrogens with one attached hydrogen (secondary N) is 3. The van der Waals surface area contributed by atoms with Gasteiger partial charge in [-0.15, -0.1) is 0 Å². The number of halogens is 3. The predicted molar refractivity (Wildman–Crippen MR) is 177 cm³/mol. The molecule has 50 heavy (non-hydrogen) atoms. The highest BCUT2D eigenvalue weighted by molar-refractivity contribution is 7.89. The van der Waals surface area contributed by atoms with Gasteiger partial charge in [0.2, 0.25) is 10.0 Å². The number of aliphatic carboxylic acids is 2. The summed E-state index contributed by atoms with van der Waals surface area (Å²) in [7, 11) is -4.17.